The Morgan fingerprint density at radius 2 is 2.32 bits per heavy atom. The second-order valence-electron chi connectivity index (χ2n) is 5.32. The van der Waals surface area contributed by atoms with Crippen LogP contribution in [-0.2, 0) is 6.54 Å². The molecule has 19 heavy (non-hydrogen) atoms. The summed E-state index contributed by atoms with van der Waals surface area (Å²) in [6.45, 7) is 6.21. The molecule has 1 aliphatic heterocycles. The number of likely N-dealkylation sites (tertiary alicyclic amines) is 1. The van der Waals surface area contributed by atoms with Crippen molar-refractivity contribution in [1.82, 2.24) is 9.47 Å². The maximum atomic E-state index is 12.6. The van der Waals surface area contributed by atoms with Gasteiger partial charge in [0.25, 0.3) is 5.91 Å². The Labute approximate surface area is 122 Å². The van der Waals surface area contributed by atoms with Crippen LogP contribution in [0.5, 0.6) is 0 Å². The number of piperidine rings is 1. The highest BCUT2D eigenvalue weighted by atomic mass is 79.9. The van der Waals surface area contributed by atoms with Crippen molar-refractivity contribution in [3.63, 3.8) is 0 Å². The first-order valence-electron chi connectivity index (χ1n) is 6.86. The number of carbonyl (C=O) groups excluding carboxylic acids is 1. The molecule has 2 atom stereocenters. The summed E-state index contributed by atoms with van der Waals surface area (Å²) < 4.78 is 2.94. The zero-order chi connectivity index (χ0) is 14.0. The Bertz CT molecular complexity index is 458. The van der Waals surface area contributed by atoms with Crippen LogP contribution in [0, 0.1) is 5.92 Å². The number of rotatable bonds is 3. The summed E-state index contributed by atoms with van der Waals surface area (Å²) in [4.78, 5) is 14.4. The Balaban J connectivity index is 2.15. The van der Waals surface area contributed by atoms with Crippen molar-refractivity contribution < 1.29 is 9.90 Å². The van der Waals surface area contributed by atoms with Crippen LogP contribution in [0.15, 0.2) is 16.7 Å². The van der Waals surface area contributed by atoms with E-state index in [0.717, 1.165) is 23.1 Å². The first-order chi connectivity index (χ1) is 9.02. The van der Waals surface area contributed by atoms with E-state index in [2.05, 4.69) is 22.9 Å². The van der Waals surface area contributed by atoms with Crippen LogP contribution >= 0.6 is 15.9 Å². The van der Waals surface area contributed by atoms with Gasteiger partial charge >= 0.3 is 0 Å². The number of aromatic nitrogens is 1. The predicted octanol–water partition coefficient (Wildman–Crippen LogP) is 2.50. The SMILES string of the molecule is CCCn1cc(Br)cc1C(=O)N1CCC(O)C(C)C1. The maximum Gasteiger partial charge on any atom is 0.270 e. The maximum absolute atomic E-state index is 12.6. The fraction of sp³-hybridized carbons (Fsp3) is 0.643. The first-order valence-corrected chi connectivity index (χ1v) is 7.65. The summed E-state index contributed by atoms with van der Waals surface area (Å²) >= 11 is 3.44. The van der Waals surface area contributed by atoms with Crippen LogP contribution in [0.1, 0.15) is 37.2 Å². The van der Waals surface area contributed by atoms with Crippen molar-refractivity contribution in [1.29, 1.82) is 0 Å². The Hall–Kier alpha value is -0.810. The van der Waals surface area contributed by atoms with E-state index in [1.54, 1.807) is 0 Å². The molecule has 106 valence electrons. The molecule has 5 heteroatoms. The molecule has 1 aromatic heterocycles. The van der Waals surface area contributed by atoms with Gasteiger partial charge in [-0.1, -0.05) is 13.8 Å². The van der Waals surface area contributed by atoms with Crippen LogP contribution in [0.3, 0.4) is 0 Å². The molecule has 1 amide bonds. The van der Waals surface area contributed by atoms with Gasteiger partial charge in [0.05, 0.1) is 6.10 Å². The van der Waals surface area contributed by atoms with Crippen LogP contribution in [0.4, 0.5) is 0 Å². The highest BCUT2D eigenvalue weighted by molar-refractivity contribution is 9.10. The van der Waals surface area contributed by atoms with Gasteiger partial charge in [-0.2, -0.15) is 0 Å². The van der Waals surface area contributed by atoms with Gasteiger partial charge in [-0.3, -0.25) is 4.79 Å². The number of nitrogens with zero attached hydrogens (tertiary/aromatic N) is 2. The van der Waals surface area contributed by atoms with Gasteiger partial charge in [0.1, 0.15) is 5.69 Å². The molecule has 0 spiro atoms. The normalized spacial score (nSPS) is 23.7. The molecule has 1 N–H and O–H groups in total. The minimum atomic E-state index is -0.279. The van der Waals surface area contributed by atoms with Crippen LogP contribution in [-0.4, -0.2) is 39.7 Å². The van der Waals surface area contributed by atoms with E-state index in [1.165, 1.54) is 0 Å². The van der Waals surface area contributed by atoms with Gasteiger partial charge in [-0.15, -0.1) is 0 Å². The molecular formula is C14H21BrN2O2. The highest BCUT2D eigenvalue weighted by Crippen LogP contribution is 2.21. The fourth-order valence-electron chi connectivity index (χ4n) is 2.56. The van der Waals surface area contributed by atoms with Crippen molar-refractivity contribution in [2.24, 2.45) is 5.92 Å². The second kappa shape index (κ2) is 6.09. The molecule has 1 saturated heterocycles. The second-order valence-corrected chi connectivity index (χ2v) is 6.24. The molecule has 1 fully saturated rings. The average Bonchev–Trinajstić information content (AvgIpc) is 2.73. The number of carbonyl (C=O) groups is 1. The smallest absolute Gasteiger partial charge is 0.270 e. The van der Waals surface area contributed by atoms with Gasteiger partial charge in [0.15, 0.2) is 0 Å². The Kier molecular flexibility index (Phi) is 4.68. The van der Waals surface area contributed by atoms with E-state index < -0.39 is 0 Å². The van der Waals surface area contributed by atoms with E-state index in [0.29, 0.717) is 19.5 Å². The van der Waals surface area contributed by atoms with Crippen molar-refractivity contribution in [3.05, 3.63) is 22.4 Å². The topological polar surface area (TPSA) is 45.5 Å². The lowest BCUT2D eigenvalue weighted by atomic mass is 9.96. The molecule has 0 saturated carbocycles. The minimum absolute atomic E-state index is 0.0675. The zero-order valence-electron chi connectivity index (χ0n) is 11.5. The summed E-state index contributed by atoms with van der Waals surface area (Å²) in [5.41, 5.74) is 0.734. The van der Waals surface area contributed by atoms with Crippen molar-refractivity contribution in [3.8, 4) is 0 Å². The van der Waals surface area contributed by atoms with Gasteiger partial charge in [0.2, 0.25) is 0 Å². The monoisotopic (exact) mass is 328 g/mol. The third-order valence-corrected chi connectivity index (χ3v) is 4.13. The molecule has 2 rings (SSSR count). The molecule has 1 aliphatic rings. The minimum Gasteiger partial charge on any atom is -0.393 e. The van der Waals surface area contributed by atoms with Gasteiger partial charge in [-0.25, -0.2) is 0 Å². The molecule has 4 nitrogen and oxygen atoms in total. The molecule has 0 aliphatic carbocycles. The van der Waals surface area contributed by atoms with Crippen molar-refractivity contribution >= 4 is 21.8 Å². The number of amides is 1. The zero-order valence-corrected chi connectivity index (χ0v) is 13.1. The first kappa shape index (κ1) is 14.6. The summed E-state index contributed by atoms with van der Waals surface area (Å²) in [6.07, 6.45) is 3.34. The molecule has 2 heterocycles. The van der Waals surface area contributed by atoms with E-state index >= 15 is 0 Å². The number of hydrogen-bond acceptors (Lipinski definition) is 2. The Morgan fingerprint density at radius 3 is 2.95 bits per heavy atom. The van der Waals surface area contributed by atoms with E-state index in [-0.39, 0.29) is 17.9 Å². The molecular weight excluding hydrogens is 308 g/mol. The summed E-state index contributed by atoms with van der Waals surface area (Å²) in [5, 5.41) is 9.74. The lowest BCUT2D eigenvalue weighted by Crippen LogP contribution is -2.45. The third-order valence-electron chi connectivity index (χ3n) is 3.69. The summed E-state index contributed by atoms with van der Waals surface area (Å²) in [6, 6.07) is 1.88. The third kappa shape index (κ3) is 3.20. The quantitative estimate of drug-likeness (QED) is 0.926. The Morgan fingerprint density at radius 1 is 1.58 bits per heavy atom. The van der Waals surface area contributed by atoms with Gasteiger partial charge in [-0.05, 0) is 40.8 Å². The summed E-state index contributed by atoms with van der Waals surface area (Å²) in [7, 11) is 0. The average molecular weight is 329 g/mol. The van der Waals surface area contributed by atoms with E-state index in [4.69, 9.17) is 0 Å². The molecule has 0 aromatic carbocycles. The van der Waals surface area contributed by atoms with E-state index in [1.807, 2.05) is 28.7 Å². The number of aliphatic hydroxyl groups is 1. The summed E-state index contributed by atoms with van der Waals surface area (Å²) in [5.74, 6) is 0.216. The van der Waals surface area contributed by atoms with Crippen LogP contribution < -0.4 is 0 Å². The number of aliphatic hydroxyl groups excluding tert-OH is 1. The van der Waals surface area contributed by atoms with Gasteiger partial charge in [0, 0.05) is 30.3 Å². The molecule has 0 bridgehead atoms. The van der Waals surface area contributed by atoms with Crippen LogP contribution in [0.25, 0.3) is 0 Å². The molecule has 1 aromatic rings. The highest BCUT2D eigenvalue weighted by Gasteiger charge is 2.29. The van der Waals surface area contributed by atoms with Crippen molar-refractivity contribution in [2.45, 2.75) is 39.3 Å². The molecule has 0 radical (unpaired) electrons. The number of halogens is 1. The predicted molar refractivity (Wildman–Crippen MR) is 78.1 cm³/mol. The number of aryl methyl sites for hydroxylation is 1. The lowest BCUT2D eigenvalue weighted by molar-refractivity contribution is 0.0291. The standard InChI is InChI=1S/C14H21BrN2O2/c1-3-5-16-9-11(15)7-12(16)14(19)17-6-4-13(18)10(2)8-17/h7,9-10,13,18H,3-6,8H2,1-2H3. The van der Waals surface area contributed by atoms with Crippen LogP contribution in [0.2, 0.25) is 0 Å². The number of hydrogen-bond donors (Lipinski definition) is 1. The molecule has 2 unspecified atom stereocenters. The van der Waals surface area contributed by atoms with Gasteiger partial charge < -0.3 is 14.6 Å². The fourth-order valence-corrected chi connectivity index (χ4v) is 3.02. The van der Waals surface area contributed by atoms with E-state index in [9.17, 15) is 9.90 Å². The largest absolute Gasteiger partial charge is 0.393 e. The lowest BCUT2D eigenvalue weighted by Gasteiger charge is -2.34. The van der Waals surface area contributed by atoms with Crippen molar-refractivity contribution in [2.75, 3.05) is 13.1 Å².